The minimum atomic E-state index is -0.874. The fraction of sp³-hybridized carbons (Fsp3) is 0.533. The molecule has 5 aliphatic rings. The molecule has 2 aliphatic heterocycles. The summed E-state index contributed by atoms with van der Waals surface area (Å²) in [4.78, 5) is 56.7. The molecule has 38 heavy (non-hydrogen) atoms. The third kappa shape index (κ3) is 4.33. The molecule has 8 nitrogen and oxygen atoms in total. The summed E-state index contributed by atoms with van der Waals surface area (Å²) >= 11 is 0. The van der Waals surface area contributed by atoms with Gasteiger partial charge in [0.1, 0.15) is 6.54 Å². The quantitative estimate of drug-likeness (QED) is 0.554. The molecule has 3 atom stereocenters. The van der Waals surface area contributed by atoms with Crippen molar-refractivity contribution >= 4 is 23.7 Å². The predicted molar refractivity (Wildman–Crippen MR) is 140 cm³/mol. The molecular weight excluding hydrogens is 482 g/mol. The summed E-state index contributed by atoms with van der Waals surface area (Å²) < 4.78 is 5.95. The Morgan fingerprint density at radius 2 is 1.89 bits per heavy atom. The van der Waals surface area contributed by atoms with Crippen LogP contribution in [0, 0.1) is 17.8 Å². The van der Waals surface area contributed by atoms with Crippen molar-refractivity contribution in [3.8, 4) is 0 Å². The zero-order valence-corrected chi connectivity index (χ0v) is 22.1. The lowest BCUT2D eigenvalue weighted by molar-refractivity contribution is -0.138. The molecular formula is C30H35N3O5. The number of ketones is 1. The maximum absolute atomic E-state index is 13.6. The van der Waals surface area contributed by atoms with Crippen molar-refractivity contribution in [1.82, 2.24) is 14.7 Å². The minimum Gasteiger partial charge on any atom is -0.436 e. The van der Waals surface area contributed by atoms with Crippen molar-refractivity contribution in [2.24, 2.45) is 17.8 Å². The fourth-order valence-corrected chi connectivity index (χ4v) is 6.59. The van der Waals surface area contributed by atoms with E-state index in [0.29, 0.717) is 38.4 Å². The van der Waals surface area contributed by atoms with Gasteiger partial charge >= 0.3 is 6.09 Å². The molecule has 1 unspecified atom stereocenters. The molecule has 200 valence electrons. The maximum atomic E-state index is 13.6. The van der Waals surface area contributed by atoms with Crippen molar-refractivity contribution in [3.63, 3.8) is 0 Å². The van der Waals surface area contributed by atoms with E-state index in [1.807, 2.05) is 47.4 Å². The number of hydrogen-bond donors (Lipinski definition) is 0. The van der Waals surface area contributed by atoms with E-state index in [0.717, 1.165) is 29.6 Å². The number of hydrogen-bond acceptors (Lipinski definition) is 5. The van der Waals surface area contributed by atoms with Gasteiger partial charge in [-0.15, -0.1) is 0 Å². The van der Waals surface area contributed by atoms with Crippen molar-refractivity contribution in [3.05, 3.63) is 59.2 Å². The minimum absolute atomic E-state index is 0.0314. The molecule has 1 aromatic carbocycles. The van der Waals surface area contributed by atoms with Gasteiger partial charge in [-0.1, -0.05) is 42.5 Å². The second kappa shape index (κ2) is 9.40. The molecule has 3 amide bonds. The third-order valence-corrected chi connectivity index (χ3v) is 9.15. The van der Waals surface area contributed by atoms with Gasteiger partial charge in [0.15, 0.2) is 11.4 Å². The van der Waals surface area contributed by atoms with E-state index < -0.39 is 11.7 Å². The molecule has 0 radical (unpaired) electrons. The number of rotatable bonds is 7. The van der Waals surface area contributed by atoms with Gasteiger partial charge < -0.3 is 14.5 Å². The first-order valence-corrected chi connectivity index (χ1v) is 13.8. The highest BCUT2D eigenvalue weighted by Crippen LogP contribution is 2.47. The van der Waals surface area contributed by atoms with Crippen molar-refractivity contribution in [2.45, 2.75) is 57.7 Å². The predicted octanol–water partition coefficient (Wildman–Crippen LogP) is 3.33. The van der Waals surface area contributed by atoms with Gasteiger partial charge in [0, 0.05) is 55.6 Å². The Balaban J connectivity index is 1.14. The van der Waals surface area contributed by atoms with Crippen LogP contribution in [0.4, 0.5) is 4.79 Å². The van der Waals surface area contributed by atoms with Crippen molar-refractivity contribution in [2.75, 3.05) is 26.2 Å². The zero-order chi connectivity index (χ0) is 26.6. The van der Waals surface area contributed by atoms with Crippen LogP contribution >= 0.6 is 0 Å². The van der Waals surface area contributed by atoms with Crippen LogP contribution in [0.25, 0.3) is 0 Å². The SMILES string of the molecule is CC(=O)N1CC(C2C=CC3=C(CC[C@]34CN(CC(=O)N(Cc3ccccc3)[C@@H](C)C3CC3)C(=O)O4)C2=O)C1. The standard InChI is InChI=1S/C30H35N3O5/c1-19(22-8-9-22)33(14-21-6-4-3-5-7-21)27(35)17-32-18-30(38-29(32)37)13-12-25-26(30)11-10-24(28(25)36)23-15-31(16-23)20(2)34/h3-7,10-11,19,22-24H,8-9,12-18H2,1-2H3/t19-,24?,30-/m0/s1. The second-order valence-electron chi connectivity index (χ2n) is 11.6. The molecule has 1 saturated carbocycles. The number of fused-ring (bicyclic) bond motifs is 1. The fourth-order valence-electron chi connectivity index (χ4n) is 6.59. The van der Waals surface area contributed by atoms with E-state index in [9.17, 15) is 19.2 Å². The van der Waals surface area contributed by atoms with Crippen LogP contribution in [0.1, 0.15) is 45.1 Å². The first-order chi connectivity index (χ1) is 18.3. The molecule has 0 bridgehead atoms. The number of nitrogens with zero attached hydrogens (tertiary/aromatic N) is 3. The number of amides is 3. The summed E-state index contributed by atoms with van der Waals surface area (Å²) in [6.07, 6.45) is 6.75. The Morgan fingerprint density at radius 3 is 2.58 bits per heavy atom. The summed E-state index contributed by atoms with van der Waals surface area (Å²) in [5.74, 6) is 0.457. The molecule has 1 aromatic rings. The van der Waals surface area contributed by atoms with Gasteiger partial charge in [0.25, 0.3) is 0 Å². The molecule has 3 aliphatic carbocycles. The molecule has 3 fully saturated rings. The largest absolute Gasteiger partial charge is 0.436 e. The van der Waals surface area contributed by atoms with Crippen LogP contribution < -0.4 is 0 Å². The molecule has 2 heterocycles. The summed E-state index contributed by atoms with van der Waals surface area (Å²) in [7, 11) is 0. The third-order valence-electron chi connectivity index (χ3n) is 9.15. The number of carbonyl (C=O) groups excluding carboxylic acids is 4. The van der Waals surface area contributed by atoms with E-state index in [1.54, 1.807) is 11.8 Å². The average Bonchev–Trinajstić information content (AvgIpc) is 3.59. The topological polar surface area (TPSA) is 87.2 Å². The van der Waals surface area contributed by atoms with Gasteiger partial charge in [-0.2, -0.15) is 0 Å². The van der Waals surface area contributed by atoms with Gasteiger partial charge in [-0.05, 0) is 44.1 Å². The van der Waals surface area contributed by atoms with E-state index in [1.165, 1.54) is 4.90 Å². The number of likely N-dealkylation sites (tertiary alicyclic amines) is 1. The van der Waals surface area contributed by atoms with E-state index in [-0.39, 0.29) is 48.6 Å². The first-order valence-electron chi connectivity index (χ1n) is 13.8. The summed E-state index contributed by atoms with van der Waals surface area (Å²) in [5.41, 5.74) is 1.73. The Labute approximate surface area is 223 Å². The highest BCUT2D eigenvalue weighted by Gasteiger charge is 2.54. The summed E-state index contributed by atoms with van der Waals surface area (Å²) in [6, 6.07) is 10.1. The maximum Gasteiger partial charge on any atom is 0.411 e. The van der Waals surface area contributed by atoms with Gasteiger partial charge in [0.2, 0.25) is 11.8 Å². The van der Waals surface area contributed by atoms with Crippen LogP contribution in [-0.2, 0) is 25.7 Å². The number of allylic oxidation sites excluding steroid dienone is 2. The smallest absolute Gasteiger partial charge is 0.411 e. The lowest BCUT2D eigenvalue weighted by Gasteiger charge is -2.42. The Morgan fingerprint density at radius 1 is 1.16 bits per heavy atom. The van der Waals surface area contributed by atoms with Gasteiger partial charge in [-0.3, -0.25) is 19.3 Å². The van der Waals surface area contributed by atoms with E-state index in [4.69, 9.17) is 4.74 Å². The van der Waals surface area contributed by atoms with Crippen LogP contribution in [0.2, 0.25) is 0 Å². The monoisotopic (exact) mass is 517 g/mol. The molecule has 0 N–H and O–H groups in total. The number of benzene rings is 1. The summed E-state index contributed by atoms with van der Waals surface area (Å²) in [6.45, 7) is 5.62. The normalized spacial score (nSPS) is 27.5. The van der Waals surface area contributed by atoms with Crippen LogP contribution in [-0.4, -0.2) is 76.2 Å². The molecule has 2 saturated heterocycles. The van der Waals surface area contributed by atoms with E-state index >= 15 is 0 Å². The van der Waals surface area contributed by atoms with Crippen molar-refractivity contribution in [1.29, 1.82) is 0 Å². The van der Waals surface area contributed by atoms with E-state index in [2.05, 4.69) is 6.92 Å². The highest BCUT2D eigenvalue weighted by molar-refractivity contribution is 6.02. The van der Waals surface area contributed by atoms with Gasteiger partial charge in [0.05, 0.1) is 6.54 Å². The molecule has 8 heteroatoms. The zero-order valence-electron chi connectivity index (χ0n) is 22.1. The van der Waals surface area contributed by atoms with Crippen molar-refractivity contribution < 1.29 is 23.9 Å². The number of carbonyl (C=O) groups is 4. The first kappa shape index (κ1) is 24.9. The lowest BCUT2D eigenvalue weighted by Crippen LogP contribution is -2.53. The Hall–Kier alpha value is -3.42. The van der Waals surface area contributed by atoms with Crippen LogP contribution in [0.15, 0.2) is 53.6 Å². The van der Waals surface area contributed by atoms with Crippen LogP contribution in [0.3, 0.4) is 0 Å². The Kier molecular flexibility index (Phi) is 6.16. The lowest BCUT2D eigenvalue weighted by atomic mass is 9.76. The van der Waals surface area contributed by atoms with Gasteiger partial charge in [-0.25, -0.2) is 4.79 Å². The Bertz CT molecular complexity index is 1230. The van der Waals surface area contributed by atoms with Crippen LogP contribution in [0.5, 0.6) is 0 Å². The molecule has 1 spiro atoms. The molecule has 0 aromatic heterocycles. The number of Topliss-reactive ketones (excluding diaryl/α,β-unsaturated/α-hetero) is 1. The number of ether oxygens (including phenoxy) is 1. The summed E-state index contributed by atoms with van der Waals surface area (Å²) in [5, 5.41) is 0. The molecule has 6 rings (SSSR count). The highest BCUT2D eigenvalue weighted by atomic mass is 16.6. The average molecular weight is 518 g/mol. The second-order valence-corrected chi connectivity index (χ2v) is 11.6.